The number of Topliss-reactive ketones (excluding diaryl/α,β-unsaturated/α-hetero) is 1. The Morgan fingerprint density at radius 2 is 1.75 bits per heavy atom. The maximum Gasteiger partial charge on any atom is 0.163 e. The minimum absolute atomic E-state index is 0.300. The maximum absolute atomic E-state index is 11.8. The first-order valence-electron chi connectivity index (χ1n) is 9.17. The number of aryl methyl sites for hydroxylation is 3. The lowest BCUT2D eigenvalue weighted by Crippen LogP contribution is -1.91. The Morgan fingerprint density at radius 1 is 0.958 bits per heavy atom. The van der Waals surface area contributed by atoms with Gasteiger partial charge in [0.1, 0.15) is 0 Å². The number of hydrogen-bond acceptors (Lipinski definition) is 1. The van der Waals surface area contributed by atoms with Gasteiger partial charge in [0, 0.05) is 12.0 Å². The molecular weight excluding hydrogens is 292 g/mol. The monoisotopic (exact) mass is 318 g/mol. The molecule has 0 amide bonds. The Hall–Kier alpha value is -2.15. The summed E-state index contributed by atoms with van der Waals surface area (Å²) in [6.07, 6.45) is 11.8. The lowest BCUT2D eigenvalue weighted by Gasteiger charge is -2.02. The van der Waals surface area contributed by atoms with Crippen molar-refractivity contribution in [2.75, 3.05) is 0 Å². The number of fused-ring (bicyclic) bond motifs is 1. The third-order valence-electron chi connectivity index (χ3n) is 4.88. The molecule has 0 bridgehead atoms. The molecule has 24 heavy (non-hydrogen) atoms. The molecule has 3 rings (SSSR count). The summed E-state index contributed by atoms with van der Waals surface area (Å²) < 4.78 is 0. The van der Waals surface area contributed by atoms with Crippen LogP contribution in [0.4, 0.5) is 0 Å². The molecular formula is C23H26O. The summed E-state index contributed by atoms with van der Waals surface area (Å²) in [6.45, 7) is 2.19. The van der Waals surface area contributed by atoms with E-state index in [1.165, 1.54) is 29.5 Å². The van der Waals surface area contributed by atoms with Gasteiger partial charge in [-0.1, -0.05) is 55.5 Å². The molecule has 0 aliphatic heterocycles. The average Bonchev–Trinajstić information content (AvgIpc) is 2.99. The smallest absolute Gasteiger partial charge is 0.163 e. The minimum Gasteiger partial charge on any atom is -0.294 e. The van der Waals surface area contributed by atoms with E-state index in [0.29, 0.717) is 12.2 Å². The molecule has 1 heteroatoms. The summed E-state index contributed by atoms with van der Waals surface area (Å²) in [7, 11) is 0. The van der Waals surface area contributed by atoms with E-state index in [-0.39, 0.29) is 0 Å². The quantitative estimate of drug-likeness (QED) is 0.589. The van der Waals surface area contributed by atoms with Gasteiger partial charge in [-0.3, -0.25) is 4.79 Å². The summed E-state index contributed by atoms with van der Waals surface area (Å²) in [6, 6.07) is 15.3. The highest BCUT2D eigenvalue weighted by molar-refractivity contribution is 6.00. The summed E-state index contributed by atoms with van der Waals surface area (Å²) in [5, 5.41) is 0. The first-order valence-corrected chi connectivity index (χ1v) is 9.17. The molecule has 0 saturated heterocycles. The Balaban J connectivity index is 1.42. The predicted octanol–water partition coefficient (Wildman–Crippen LogP) is 5.80. The standard InChI is InChI=1S/C23H26O/c1-2-18-9-11-19(12-10-18)7-5-3-4-6-8-20-13-14-21-15-16-23(24)22(21)17-20/h6,8-14,17H,2-5,7,15-16H2,1H3. The Kier molecular flexibility index (Phi) is 5.63. The second-order valence-electron chi connectivity index (χ2n) is 6.66. The molecule has 0 spiro atoms. The first-order chi connectivity index (χ1) is 11.8. The lowest BCUT2D eigenvalue weighted by molar-refractivity contribution is 0.0994. The van der Waals surface area contributed by atoms with Crippen LogP contribution in [0.3, 0.4) is 0 Å². The van der Waals surface area contributed by atoms with Gasteiger partial charge in [0.2, 0.25) is 0 Å². The van der Waals surface area contributed by atoms with E-state index in [9.17, 15) is 4.79 Å². The van der Waals surface area contributed by atoms with Crippen LogP contribution in [0.5, 0.6) is 0 Å². The van der Waals surface area contributed by atoms with Crippen molar-refractivity contribution < 1.29 is 4.79 Å². The van der Waals surface area contributed by atoms with Crippen molar-refractivity contribution >= 4 is 11.9 Å². The number of benzene rings is 2. The third-order valence-corrected chi connectivity index (χ3v) is 4.88. The normalized spacial score (nSPS) is 13.6. The number of hydrogen-bond donors (Lipinski definition) is 0. The van der Waals surface area contributed by atoms with E-state index in [4.69, 9.17) is 0 Å². The molecule has 2 aromatic rings. The fourth-order valence-electron chi connectivity index (χ4n) is 3.31. The van der Waals surface area contributed by atoms with Gasteiger partial charge in [0.05, 0.1) is 0 Å². The van der Waals surface area contributed by atoms with E-state index < -0.39 is 0 Å². The molecule has 0 aromatic heterocycles. The van der Waals surface area contributed by atoms with Gasteiger partial charge in [0.25, 0.3) is 0 Å². The van der Waals surface area contributed by atoms with Crippen molar-refractivity contribution in [1.29, 1.82) is 0 Å². The highest BCUT2D eigenvalue weighted by Crippen LogP contribution is 2.23. The van der Waals surface area contributed by atoms with Crippen LogP contribution in [-0.4, -0.2) is 5.78 Å². The Morgan fingerprint density at radius 3 is 2.54 bits per heavy atom. The average molecular weight is 318 g/mol. The van der Waals surface area contributed by atoms with Crippen LogP contribution in [-0.2, 0) is 19.3 Å². The number of carbonyl (C=O) groups excluding carboxylic acids is 1. The molecule has 124 valence electrons. The predicted molar refractivity (Wildman–Crippen MR) is 102 cm³/mol. The van der Waals surface area contributed by atoms with Crippen LogP contribution in [0.1, 0.15) is 65.2 Å². The van der Waals surface area contributed by atoms with E-state index in [1.54, 1.807) is 0 Å². The number of rotatable bonds is 7. The zero-order chi connectivity index (χ0) is 16.8. The number of unbranched alkanes of at least 4 members (excludes halogenated alkanes) is 2. The highest BCUT2D eigenvalue weighted by Gasteiger charge is 2.18. The minimum atomic E-state index is 0.300. The van der Waals surface area contributed by atoms with Crippen LogP contribution < -0.4 is 0 Å². The Labute approximate surface area is 145 Å². The molecule has 0 atom stereocenters. The molecule has 0 radical (unpaired) electrons. The second kappa shape index (κ2) is 8.10. The van der Waals surface area contributed by atoms with Crippen LogP contribution in [0.2, 0.25) is 0 Å². The van der Waals surface area contributed by atoms with Gasteiger partial charge in [-0.2, -0.15) is 0 Å². The number of ketones is 1. The third kappa shape index (κ3) is 4.23. The van der Waals surface area contributed by atoms with Gasteiger partial charge in [-0.05, 0) is 66.8 Å². The van der Waals surface area contributed by atoms with Gasteiger partial charge >= 0.3 is 0 Å². The summed E-state index contributed by atoms with van der Waals surface area (Å²) >= 11 is 0. The molecule has 1 aliphatic rings. The van der Waals surface area contributed by atoms with Crippen molar-refractivity contribution in [1.82, 2.24) is 0 Å². The summed E-state index contributed by atoms with van der Waals surface area (Å²) in [5.74, 6) is 0.300. The van der Waals surface area contributed by atoms with E-state index in [0.717, 1.165) is 36.8 Å². The van der Waals surface area contributed by atoms with E-state index in [2.05, 4.69) is 61.5 Å². The van der Waals surface area contributed by atoms with E-state index >= 15 is 0 Å². The molecule has 1 aliphatic carbocycles. The molecule has 0 heterocycles. The van der Waals surface area contributed by atoms with Crippen molar-refractivity contribution in [3.8, 4) is 0 Å². The summed E-state index contributed by atoms with van der Waals surface area (Å²) in [5.41, 5.74) is 6.15. The molecule has 0 fully saturated rings. The van der Waals surface area contributed by atoms with Gasteiger partial charge in [-0.25, -0.2) is 0 Å². The second-order valence-corrected chi connectivity index (χ2v) is 6.66. The van der Waals surface area contributed by atoms with Gasteiger partial charge in [0.15, 0.2) is 5.78 Å². The van der Waals surface area contributed by atoms with Crippen molar-refractivity contribution in [3.05, 3.63) is 76.4 Å². The van der Waals surface area contributed by atoms with Crippen LogP contribution in [0.15, 0.2) is 48.5 Å². The van der Waals surface area contributed by atoms with Gasteiger partial charge < -0.3 is 0 Å². The fourth-order valence-corrected chi connectivity index (χ4v) is 3.31. The van der Waals surface area contributed by atoms with Crippen LogP contribution in [0.25, 0.3) is 6.08 Å². The van der Waals surface area contributed by atoms with Crippen molar-refractivity contribution in [2.45, 2.75) is 51.9 Å². The van der Waals surface area contributed by atoms with Crippen molar-refractivity contribution in [2.24, 2.45) is 0 Å². The SMILES string of the molecule is CCc1ccc(CCCCC=Cc2ccc3c(c2)C(=O)CC3)cc1. The zero-order valence-electron chi connectivity index (χ0n) is 14.6. The highest BCUT2D eigenvalue weighted by atomic mass is 16.1. The van der Waals surface area contributed by atoms with Crippen molar-refractivity contribution in [3.63, 3.8) is 0 Å². The molecule has 0 saturated carbocycles. The summed E-state index contributed by atoms with van der Waals surface area (Å²) in [4.78, 5) is 11.8. The largest absolute Gasteiger partial charge is 0.294 e. The maximum atomic E-state index is 11.8. The molecule has 2 aromatic carbocycles. The Bertz CT molecular complexity index is 722. The lowest BCUT2D eigenvalue weighted by atomic mass is 10.0. The van der Waals surface area contributed by atoms with Gasteiger partial charge in [-0.15, -0.1) is 0 Å². The number of carbonyl (C=O) groups is 1. The zero-order valence-corrected chi connectivity index (χ0v) is 14.6. The van der Waals surface area contributed by atoms with Crippen LogP contribution in [0, 0.1) is 0 Å². The fraction of sp³-hybridized carbons (Fsp3) is 0.348. The number of allylic oxidation sites excluding steroid dienone is 1. The molecule has 0 unspecified atom stereocenters. The molecule has 1 nitrogen and oxygen atoms in total. The first kappa shape index (κ1) is 16.7. The van der Waals surface area contributed by atoms with Crippen LogP contribution >= 0.6 is 0 Å². The van der Waals surface area contributed by atoms with E-state index in [1.807, 2.05) is 0 Å². The molecule has 0 N–H and O–H groups in total. The topological polar surface area (TPSA) is 17.1 Å².